The van der Waals surface area contributed by atoms with E-state index in [1.165, 1.54) is 24.8 Å². The first-order valence-electron chi connectivity index (χ1n) is 13.4. The number of rotatable bonds is 12. The van der Waals surface area contributed by atoms with E-state index in [-0.39, 0.29) is 24.3 Å². The maximum atomic E-state index is 13.4. The lowest BCUT2D eigenvalue weighted by Crippen LogP contribution is -2.44. The van der Waals surface area contributed by atoms with Crippen LogP contribution in [0, 0.1) is 0 Å². The van der Waals surface area contributed by atoms with Crippen LogP contribution >= 0.6 is 0 Å². The van der Waals surface area contributed by atoms with E-state index >= 15 is 0 Å². The van der Waals surface area contributed by atoms with E-state index in [1.807, 2.05) is 24.0 Å². The van der Waals surface area contributed by atoms with Crippen molar-refractivity contribution in [2.45, 2.75) is 89.1 Å². The van der Waals surface area contributed by atoms with E-state index in [9.17, 15) is 4.79 Å². The molecule has 0 N–H and O–H groups in total. The Balaban J connectivity index is 1.23. The highest BCUT2D eigenvalue weighted by Crippen LogP contribution is 2.40. The van der Waals surface area contributed by atoms with Gasteiger partial charge in [0.05, 0.1) is 19.3 Å². The molecule has 1 unspecified atom stereocenters. The molecule has 2 aliphatic carbocycles. The lowest BCUT2D eigenvalue weighted by molar-refractivity contribution is -0.172. The van der Waals surface area contributed by atoms with Crippen molar-refractivity contribution in [3.63, 3.8) is 0 Å². The summed E-state index contributed by atoms with van der Waals surface area (Å²) in [6.45, 7) is 8.18. The van der Waals surface area contributed by atoms with E-state index < -0.39 is 0 Å². The summed E-state index contributed by atoms with van der Waals surface area (Å²) in [5, 5.41) is 0. The minimum atomic E-state index is -0.0797. The van der Waals surface area contributed by atoms with Gasteiger partial charge in [0, 0.05) is 19.2 Å². The summed E-state index contributed by atoms with van der Waals surface area (Å²) in [6.07, 6.45) is 13.2. The zero-order valence-electron chi connectivity index (χ0n) is 21.2. The fraction of sp³-hybridized carbons (Fsp3) is 0.621. The van der Waals surface area contributed by atoms with E-state index in [0.717, 1.165) is 45.1 Å². The standard InChI is InChI=1S/C29H41NO5/c1-3-18-30(29(31)27(4-2)35-26-14-10-23(11-15-26)22-8-9-22)24-12-16-25(17-13-24)32-20-21-34-28-7-5-6-19-33-28/h3-4,10-11,14-15,22,24-25,28H,1,5-9,12-13,16-21H2,2H3/t24-,25-,28?. The number of ether oxygens (including phenoxy) is 4. The molecule has 1 heterocycles. The van der Waals surface area contributed by atoms with Crippen molar-refractivity contribution in [1.29, 1.82) is 0 Å². The number of amides is 1. The molecule has 192 valence electrons. The molecule has 2 saturated carbocycles. The van der Waals surface area contributed by atoms with Crippen LogP contribution in [0.1, 0.15) is 76.2 Å². The molecule has 1 aromatic rings. The Kier molecular flexibility index (Phi) is 9.81. The second-order valence-corrected chi connectivity index (χ2v) is 9.81. The fourth-order valence-electron chi connectivity index (χ4n) is 5.02. The van der Waals surface area contributed by atoms with Gasteiger partial charge in [-0.2, -0.15) is 0 Å². The van der Waals surface area contributed by atoms with Gasteiger partial charge in [-0.05, 0) is 94.4 Å². The molecule has 0 radical (unpaired) electrons. The second kappa shape index (κ2) is 13.2. The molecule has 1 aromatic carbocycles. The average Bonchev–Trinajstić information content (AvgIpc) is 3.75. The molecule has 0 bridgehead atoms. The quantitative estimate of drug-likeness (QED) is 0.164. The second-order valence-electron chi connectivity index (χ2n) is 9.81. The highest BCUT2D eigenvalue weighted by atomic mass is 16.7. The van der Waals surface area contributed by atoms with Gasteiger partial charge < -0.3 is 23.8 Å². The molecular weight excluding hydrogens is 442 g/mol. The number of hydrogen-bond acceptors (Lipinski definition) is 5. The van der Waals surface area contributed by atoms with E-state index in [0.29, 0.717) is 37.2 Å². The topological polar surface area (TPSA) is 57.2 Å². The van der Waals surface area contributed by atoms with Crippen molar-refractivity contribution in [1.82, 2.24) is 4.90 Å². The van der Waals surface area contributed by atoms with Crippen LogP contribution in [0.15, 0.2) is 48.8 Å². The Labute approximate surface area is 210 Å². The highest BCUT2D eigenvalue weighted by molar-refractivity contribution is 5.92. The number of benzene rings is 1. The molecule has 3 aliphatic rings. The molecule has 1 saturated heterocycles. The summed E-state index contributed by atoms with van der Waals surface area (Å²) in [4.78, 5) is 15.3. The first-order chi connectivity index (χ1) is 17.2. The Morgan fingerprint density at radius 2 is 1.77 bits per heavy atom. The predicted molar refractivity (Wildman–Crippen MR) is 136 cm³/mol. The van der Waals surface area contributed by atoms with Gasteiger partial charge in [0.15, 0.2) is 12.0 Å². The summed E-state index contributed by atoms with van der Waals surface area (Å²) >= 11 is 0. The van der Waals surface area contributed by atoms with Crippen LogP contribution in [-0.4, -0.2) is 55.6 Å². The maximum absolute atomic E-state index is 13.4. The number of carbonyl (C=O) groups is 1. The highest BCUT2D eigenvalue weighted by Gasteiger charge is 2.31. The van der Waals surface area contributed by atoms with Crippen molar-refractivity contribution < 1.29 is 23.7 Å². The van der Waals surface area contributed by atoms with E-state index in [1.54, 1.807) is 12.2 Å². The average molecular weight is 484 g/mol. The molecule has 3 fully saturated rings. The molecule has 4 rings (SSSR count). The van der Waals surface area contributed by atoms with Crippen molar-refractivity contribution in [3.05, 3.63) is 54.3 Å². The number of hydrogen-bond donors (Lipinski definition) is 0. The van der Waals surface area contributed by atoms with Gasteiger partial charge in [0.25, 0.3) is 5.91 Å². The smallest absolute Gasteiger partial charge is 0.289 e. The molecule has 1 aliphatic heterocycles. The molecule has 0 aromatic heterocycles. The first kappa shape index (κ1) is 25.9. The van der Waals surface area contributed by atoms with Gasteiger partial charge in [-0.3, -0.25) is 4.79 Å². The number of allylic oxidation sites excluding steroid dienone is 1. The molecular formula is C29H41NO5. The SMILES string of the molecule is C=CCN(C(=O)C(=CC)Oc1ccc(C2CC2)cc1)[C@H]1CC[C@H](OCCOC2CCCCO2)CC1. The summed E-state index contributed by atoms with van der Waals surface area (Å²) in [5.41, 5.74) is 1.35. The Hall–Kier alpha value is -2.15. The fourth-order valence-corrected chi connectivity index (χ4v) is 5.02. The lowest BCUT2D eigenvalue weighted by atomic mass is 9.91. The number of carbonyl (C=O) groups excluding carboxylic acids is 1. The monoisotopic (exact) mass is 483 g/mol. The zero-order chi connectivity index (χ0) is 24.5. The van der Waals surface area contributed by atoms with Crippen LogP contribution in [0.4, 0.5) is 0 Å². The first-order valence-corrected chi connectivity index (χ1v) is 13.4. The van der Waals surface area contributed by atoms with Crippen LogP contribution in [0.2, 0.25) is 0 Å². The zero-order valence-corrected chi connectivity index (χ0v) is 21.2. The van der Waals surface area contributed by atoms with E-state index in [2.05, 4.69) is 18.7 Å². The molecule has 35 heavy (non-hydrogen) atoms. The van der Waals surface area contributed by atoms with Crippen LogP contribution in [-0.2, 0) is 19.0 Å². The van der Waals surface area contributed by atoms with Gasteiger partial charge in [-0.15, -0.1) is 6.58 Å². The number of nitrogens with zero attached hydrogens (tertiary/aromatic N) is 1. The van der Waals surface area contributed by atoms with E-state index in [4.69, 9.17) is 18.9 Å². The van der Waals surface area contributed by atoms with Gasteiger partial charge in [-0.25, -0.2) is 0 Å². The summed E-state index contributed by atoms with van der Waals surface area (Å²) in [5.74, 6) is 1.69. The minimum Gasteiger partial charge on any atom is -0.452 e. The van der Waals surface area contributed by atoms with Crippen molar-refractivity contribution >= 4 is 5.91 Å². The maximum Gasteiger partial charge on any atom is 0.289 e. The van der Waals surface area contributed by atoms with Crippen LogP contribution in [0.3, 0.4) is 0 Å². The largest absolute Gasteiger partial charge is 0.452 e. The normalized spacial score (nSPS) is 25.2. The van der Waals surface area contributed by atoms with Crippen LogP contribution < -0.4 is 4.74 Å². The van der Waals surface area contributed by atoms with Gasteiger partial charge in [-0.1, -0.05) is 18.2 Å². The van der Waals surface area contributed by atoms with Crippen molar-refractivity contribution in [3.8, 4) is 5.75 Å². The van der Waals surface area contributed by atoms with Gasteiger partial charge in [0.2, 0.25) is 0 Å². The summed E-state index contributed by atoms with van der Waals surface area (Å²) in [6, 6.07) is 8.31. The Morgan fingerprint density at radius 3 is 2.40 bits per heavy atom. The minimum absolute atomic E-state index is 0.0688. The Morgan fingerprint density at radius 1 is 1.03 bits per heavy atom. The third kappa shape index (κ3) is 7.66. The predicted octanol–water partition coefficient (Wildman–Crippen LogP) is 5.73. The molecule has 6 heteroatoms. The Bertz CT molecular complexity index is 833. The summed E-state index contributed by atoms with van der Waals surface area (Å²) < 4.78 is 23.5. The van der Waals surface area contributed by atoms with Crippen LogP contribution in [0.25, 0.3) is 0 Å². The lowest BCUT2D eigenvalue weighted by Gasteiger charge is -2.36. The van der Waals surface area contributed by atoms with Crippen molar-refractivity contribution in [2.24, 2.45) is 0 Å². The van der Waals surface area contributed by atoms with Crippen molar-refractivity contribution in [2.75, 3.05) is 26.4 Å². The third-order valence-corrected chi connectivity index (χ3v) is 7.18. The molecule has 1 atom stereocenters. The third-order valence-electron chi connectivity index (χ3n) is 7.18. The molecule has 1 amide bonds. The van der Waals surface area contributed by atoms with Crippen LogP contribution in [0.5, 0.6) is 5.75 Å². The molecule has 0 spiro atoms. The molecule has 6 nitrogen and oxygen atoms in total. The van der Waals surface area contributed by atoms with Gasteiger partial charge in [0.1, 0.15) is 5.75 Å². The summed E-state index contributed by atoms with van der Waals surface area (Å²) in [7, 11) is 0. The van der Waals surface area contributed by atoms with Gasteiger partial charge >= 0.3 is 0 Å².